The number of aromatic nitrogens is 3. The largest absolute Gasteiger partial charge is 0.460 e. The molecule has 0 aliphatic heterocycles. The number of halogens is 1. The summed E-state index contributed by atoms with van der Waals surface area (Å²) >= 11 is 6.41. The molecule has 0 aliphatic rings. The van der Waals surface area contributed by atoms with E-state index in [1.54, 1.807) is 57.2 Å². The summed E-state index contributed by atoms with van der Waals surface area (Å²) in [6.45, 7) is 9.02. The van der Waals surface area contributed by atoms with Gasteiger partial charge in [-0.15, -0.1) is 0 Å². The molecule has 0 fully saturated rings. The van der Waals surface area contributed by atoms with E-state index in [1.165, 1.54) is 12.5 Å². The quantitative estimate of drug-likeness (QED) is 0.206. The number of furan rings is 1. The first kappa shape index (κ1) is 28.6. The molecule has 0 bridgehead atoms. The van der Waals surface area contributed by atoms with E-state index >= 15 is 0 Å². The molecule has 4 rings (SSSR count). The van der Waals surface area contributed by atoms with Crippen LogP contribution in [-0.2, 0) is 14.3 Å². The maximum Gasteiger partial charge on any atom is 0.411 e. The standard InChI is InChI=1S/C28H30ClN5O6/c1-27(2,3)40-22(35)13-28(4,5)15-39-26(37)32-17-12-20-24(30-14-17)34-23(33-20)18-11-16(8-9-19(18)29)31-25(36)21-7-6-10-38-21/h6-12,14H,13,15H2,1-5H3,(H,31,36)(H,32,37)(H,30,33,34). The predicted octanol–water partition coefficient (Wildman–Crippen LogP) is 6.43. The Labute approximate surface area is 235 Å². The Hall–Kier alpha value is -4.38. The summed E-state index contributed by atoms with van der Waals surface area (Å²) in [7, 11) is 0. The second-order valence-corrected chi connectivity index (χ2v) is 11.3. The molecule has 0 saturated heterocycles. The van der Waals surface area contributed by atoms with Crippen molar-refractivity contribution in [1.29, 1.82) is 0 Å². The van der Waals surface area contributed by atoms with Crippen LogP contribution in [0.3, 0.4) is 0 Å². The van der Waals surface area contributed by atoms with Crippen molar-refractivity contribution in [2.75, 3.05) is 17.2 Å². The molecule has 11 nitrogen and oxygen atoms in total. The molecule has 3 aromatic heterocycles. The zero-order valence-electron chi connectivity index (χ0n) is 22.8. The van der Waals surface area contributed by atoms with Crippen LogP contribution in [0.4, 0.5) is 16.2 Å². The lowest BCUT2D eigenvalue weighted by atomic mass is 9.90. The Kier molecular flexibility index (Phi) is 8.15. The highest BCUT2D eigenvalue weighted by molar-refractivity contribution is 6.33. The van der Waals surface area contributed by atoms with E-state index in [-0.39, 0.29) is 24.8 Å². The van der Waals surface area contributed by atoms with Crippen LogP contribution in [0.5, 0.6) is 0 Å². The molecule has 4 aromatic rings. The molecule has 210 valence electrons. The smallest absolute Gasteiger partial charge is 0.411 e. The van der Waals surface area contributed by atoms with Crippen molar-refractivity contribution < 1.29 is 28.3 Å². The van der Waals surface area contributed by atoms with E-state index in [1.807, 2.05) is 13.8 Å². The van der Waals surface area contributed by atoms with Crippen LogP contribution in [0, 0.1) is 5.41 Å². The highest BCUT2D eigenvalue weighted by Crippen LogP contribution is 2.31. The lowest BCUT2D eigenvalue weighted by Crippen LogP contribution is -2.31. The first-order chi connectivity index (χ1) is 18.8. The van der Waals surface area contributed by atoms with Crippen LogP contribution < -0.4 is 10.6 Å². The van der Waals surface area contributed by atoms with E-state index < -0.39 is 23.0 Å². The van der Waals surface area contributed by atoms with E-state index in [2.05, 4.69) is 25.6 Å². The van der Waals surface area contributed by atoms with Gasteiger partial charge < -0.3 is 24.2 Å². The average Bonchev–Trinajstić information content (AvgIpc) is 3.52. The summed E-state index contributed by atoms with van der Waals surface area (Å²) in [4.78, 5) is 48.8. The van der Waals surface area contributed by atoms with Gasteiger partial charge >= 0.3 is 12.1 Å². The van der Waals surface area contributed by atoms with Crippen LogP contribution in [0.1, 0.15) is 51.6 Å². The second-order valence-electron chi connectivity index (χ2n) is 10.9. The van der Waals surface area contributed by atoms with Crippen molar-refractivity contribution in [3.63, 3.8) is 0 Å². The van der Waals surface area contributed by atoms with Crippen molar-refractivity contribution >= 4 is 52.1 Å². The zero-order chi connectivity index (χ0) is 29.1. The van der Waals surface area contributed by atoms with Gasteiger partial charge in [0, 0.05) is 16.7 Å². The van der Waals surface area contributed by atoms with Crippen LogP contribution in [-0.4, -0.2) is 45.1 Å². The lowest BCUT2D eigenvalue weighted by Gasteiger charge is -2.26. The fourth-order valence-electron chi connectivity index (χ4n) is 3.72. The van der Waals surface area contributed by atoms with Gasteiger partial charge in [-0.25, -0.2) is 14.8 Å². The van der Waals surface area contributed by atoms with Crippen molar-refractivity contribution in [3.05, 3.63) is 59.6 Å². The number of imidazole rings is 1. The van der Waals surface area contributed by atoms with Crippen LogP contribution in [0.2, 0.25) is 5.02 Å². The fourth-order valence-corrected chi connectivity index (χ4v) is 3.92. The van der Waals surface area contributed by atoms with Crippen molar-refractivity contribution in [2.24, 2.45) is 5.41 Å². The second kappa shape index (κ2) is 11.4. The number of anilines is 2. The van der Waals surface area contributed by atoms with Gasteiger partial charge in [-0.05, 0) is 57.2 Å². The van der Waals surface area contributed by atoms with E-state index in [4.69, 9.17) is 25.5 Å². The number of nitrogens with one attached hydrogen (secondary N) is 3. The molecule has 1 aromatic carbocycles. The predicted molar refractivity (Wildman–Crippen MR) is 150 cm³/mol. The summed E-state index contributed by atoms with van der Waals surface area (Å²) in [6.07, 6.45) is 2.26. The Bertz CT molecular complexity index is 1540. The van der Waals surface area contributed by atoms with Crippen molar-refractivity contribution in [3.8, 4) is 11.4 Å². The number of esters is 1. The maximum atomic E-state index is 12.4. The summed E-state index contributed by atoms with van der Waals surface area (Å²) < 4.78 is 15.8. The van der Waals surface area contributed by atoms with Crippen molar-refractivity contribution in [2.45, 2.75) is 46.6 Å². The van der Waals surface area contributed by atoms with Crippen molar-refractivity contribution in [1.82, 2.24) is 15.0 Å². The molecule has 0 aliphatic carbocycles. The summed E-state index contributed by atoms with van der Waals surface area (Å²) in [5.41, 5.74) is 1.14. The van der Waals surface area contributed by atoms with E-state index in [0.717, 1.165) is 0 Å². The number of fused-ring (bicyclic) bond motifs is 1. The average molecular weight is 568 g/mol. The molecule has 0 unspecified atom stereocenters. The van der Waals surface area contributed by atoms with Gasteiger partial charge in [-0.1, -0.05) is 25.4 Å². The molecule has 12 heteroatoms. The molecule has 0 atom stereocenters. The highest BCUT2D eigenvalue weighted by atomic mass is 35.5. The van der Waals surface area contributed by atoms with Gasteiger partial charge in [0.05, 0.1) is 41.7 Å². The van der Waals surface area contributed by atoms with Crippen LogP contribution in [0.25, 0.3) is 22.6 Å². The molecule has 2 amide bonds. The molecule has 3 N–H and O–H groups in total. The number of benzene rings is 1. The number of carbonyl (C=O) groups is 3. The van der Waals surface area contributed by atoms with Gasteiger partial charge in [0.15, 0.2) is 11.4 Å². The topological polar surface area (TPSA) is 148 Å². The molecular weight excluding hydrogens is 538 g/mol. The minimum atomic E-state index is -0.693. The van der Waals surface area contributed by atoms with Gasteiger partial charge in [0.1, 0.15) is 11.4 Å². The molecule has 0 radical (unpaired) electrons. The summed E-state index contributed by atoms with van der Waals surface area (Å²) in [6, 6.07) is 9.82. The number of amides is 2. The number of nitrogens with zero attached hydrogens (tertiary/aromatic N) is 2. The van der Waals surface area contributed by atoms with Gasteiger partial charge in [-0.3, -0.25) is 14.9 Å². The number of pyridine rings is 1. The maximum absolute atomic E-state index is 12.4. The molecule has 40 heavy (non-hydrogen) atoms. The van der Waals surface area contributed by atoms with Crippen LogP contribution >= 0.6 is 11.6 Å². The fraction of sp³-hybridized carbons (Fsp3) is 0.321. The van der Waals surface area contributed by atoms with E-state index in [0.29, 0.717) is 38.9 Å². The normalized spacial score (nSPS) is 11.8. The third-order valence-corrected chi connectivity index (χ3v) is 5.77. The Morgan fingerprint density at radius 1 is 1.05 bits per heavy atom. The monoisotopic (exact) mass is 567 g/mol. The summed E-state index contributed by atoms with van der Waals surface area (Å²) in [5, 5.41) is 5.79. The first-order valence-electron chi connectivity index (χ1n) is 12.4. The molecular formula is C28H30ClN5O6. The minimum Gasteiger partial charge on any atom is -0.460 e. The number of H-pyrrole nitrogens is 1. The molecule has 0 spiro atoms. The highest BCUT2D eigenvalue weighted by Gasteiger charge is 2.27. The lowest BCUT2D eigenvalue weighted by molar-refractivity contribution is -0.157. The third kappa shape index (κ3) is 7.60. The number of aromatic amines is 1. The third-order valence-electron chi connectivity index (χ3n) is 5.45. The number of ether oxygens (including phenoxy) is 2. The number of rotatable bonds is 8. The van der Waals surface area contributed by atoms with Gasteiger partial charge in [0.2, 0.25) is 0 Å². The molecule has 3 heterocycles. The SMILES string of the molecule is CC(C)(COC(=O)Nc1cnc2nc(-c3cc(NC(=O)c4ccco4)ccc3Cl)[nH]c2c1)CC(=O)OC(C)(C)C. The number of hydrogen-bond donors (Lipinski definition) is 3. The Morgan fingerprint density at radius 3 is 2.52 bits per heavy atom. The van der Waals surface area contributed by atoms with Gasteiger partial charge in [-0.2, -0.15) is 0 Å². The number of carbonyl (C=O) groups excluding carboxylic acids is 3. The van der Waals surface area contributed by atoms with E-state index in [9.17, 15) is 14.4 Å². The Morgan fingerprint density at radius 2 is 1.82 bits per heavy atom. The zero-order valence-corrected chi connectivity index (χ0v) is 23.5. The number of hydrogen-bond acceptors (Lipinski definition) is 8. The van der Waals surface area contributed by atoms with Crippen LogP contribution in [0.15, 0.2) is 53.3 Å². The minimum absolute atomic E-state index is 0.00720. The Balaban J connectivity index is 1.41. The first-order valence-corrected chi connectivity index (χ1v) is 12.8. The van der Waals surface area contributed by atoms with Gasteiger partial charge in [0.25, 0.3) is 5.91 Å². The molecule has 0 saturated carbocycles. The summed E-state index contributed by atoms with van der Waals surface area (Å²) in [5.74, 6) is -0.169.